The number of rotatable bonds is 10. The van der Waals surface area contributed by atoms with Crippen LogP contribution in [0.25, 0.3) is 0 Å². The minimum Gasteiger partial charge on any atom is -0.326 e. The van der Waals surface area contributed by atoms with Gasteiger partial charge in [-0.2, -0.15) is 0 Å². The maximum absolute atomic E-state index is 6.17. The predicted octanol–water partition coefficient (Wildman–Crippen LogP) is 3.63. The van der Waals surface area contributed by atoms with Crippen LogP contribution < -0.4 is 11.5 Å². The van der Waals surface area contributed by atoms with Crippen molar-refractivity contribution in [2.75, 3.05) is 0 Å². The van der Waals surface area contributed by atoms with E-state index in [1.807, 2.05) is 0 Å². The molecule has 17 heavy (non-hydrogen) atoms. The van der Waals surface area contributed by atoms with Gasteiger partial charge in [-0.15, -0.1) is 23.2 Å². The number of hydrogen-bond acceptors (Lipinski definition) is 2. The van der Waals surface area contributed by atoms with Gasteiger partial charge in [-0.05, 0) is 25.7 Å². The van der Waals surface area contributed by atoms with E-state index < -0.39 is 0 Å². The summed E-state index contributed by atoms with van der Waals surface area (Å²) in [7, 11) is 0. The molecular weight excluding hydrogens is 255 g/mol. The Labute approximate surface area is 116 Å². The first kappa shape index (κ1) is 17.5. The highest BCUT2D eigenvalue weighted by molar-refractivity contribution is 6.21. The molecular formula is C13H28Cl2N2. The Morgan fingerprint density at radius 2 is 1.12 bits per heavy atom. The summed E-state index contributed by atoms with van der Waals surface area (Å²) in [5, 5.41) is 0.231. The van der Waals surface area contributed by atoms with Crippen LogP contribution >= 0.6 is 23.2 Å². The van der Waals surface area contributed by atoms with Crippen molar-refractivity contribution in [3.8, 4) is 0 Å². The molecule has 0 aromatic rings. The molecule has 0 aromatic carbocycles. The topological polar surface area (TPSA) is 52.0 Å². The van der Waals surface area contributed by atoms with Crippen molar-refractivity contribution in [2.24, 2.45) is 11.5 Å². The molecule has 4 N–H and O–H groups in total. The molecule has 0 fully saturated rings. The van der Waals surface area contributed by atoms with Gasteiger partial charge in [0.25, 0.3) is 0 Å². The second-order valence-electron chi connectivity index (χ2n) is 4.81. The highest BCUT2D eigenvalue weighted by atomic mass is 35.5. The van der Waals surface area contributed by atoms with E-state index in [1.165, 1.54) is 6.42 Å². The van der Waals surface area contributed by atoms with Crippen LogP contribution in [0.4, 0.5) is 0 Å². The van der Waals surface area contributed by atoms with E-state index >= 15 is 0 Å². The van der Waals surface area contributed by atoms with Crippen LogP contribution in [0.2, 0.25) is 0 Å². The molecule has 104 valence electrons. The summed E-state index contributed by atoms with van der Waals surface area (Å²) >= 11 is 12.3. The van der Waals surface area contributed by atoms with Crippen molar-refractivity contribution in [3.63, 3.8) is 0 Å². The second kappa shape index (κ2) is 10.4. The van der Waals surface area contributed by atoms with Crippen LogP contribution in [-0.2, 0) is 0 Å². The van der Waals surface area contributed by atoms with Gasteiger partial charge in [0.1, 0.15) is 0 Å². The van der Waals surface area contributed by atoms with E-state index in [-0.39, 0.29) is 22.8 Å². The lowest BCUT2D eigenvalue weighted by molar-refractivity contribution is 0.510. The second-order valence-corrected chi connectivity index (χ2v) is 5.94. The molecule has 0 bridgehead atoms. The molecule has 0 spiro atoms. The average Bonchev–Trinajstić information content (AvgIpc) is 2.35. The van der Waals surface area contributed by atoms with Gasteiger partial charge in [0, 0.05) is 22.8 Å². The van der Waals surface area contributed by atoms with Crippen LogP contribution in [0.1, 0.15) is 58.8 Å². The van der Waals surface area contributed by atoms with Crippen LogP contribution in [0.15, 0.2) is 0 Å². The first-order valence-corrected chi connectivity index (χ1v) is 7.69. The Morgan fingerprint density at radius 3 is 1.41 bits per heavy atom. The van der Waals surface area contributed by atoms with E-state index in [4.69, 9.17) is 34.7 Å². The van der Waals surface area contributed by atoms with E-state index in [0.717, 1.165) is 38.5 Å². The quantitative estimate of drug-likeness (QED) is 0.475. The Hall–Kier alpha value is 0.500. The molecule has 0 heterocycles. The summed E-state index contributed by atoms with van der Waals surface area (Å²) in [6, 6.07) is 0.261. The molecule has 4 atom stereocenters. The van der Waals surface area contributed by atoms with Gasteiger partial charge >= 0.3 is 0 Å². The monoisotopic (exact) mass is 282 g/mol. The lowest BCUT2D eigenvalue weighted by Gasteiger charge is -2.17. The molecule has 2 nitrogen and oxygen atoms in total. The zero-order valence-corrected chi connectivity index (χ0v) is 12.7. The molecule has 0 aromatic heterocycles. The largest absolute Gasteiger partial charge is 0.326 e. The van der Waals surface area contributed by atoms with Gasteiger partial charge in [-0.1, -0.05) is 33.1 Å². The molecule has 4 heteroatoms. The lowest BCUT2D eigenvalue weighted by atomic mass is 10.0. The Kier molecular flexibility index (Phi) is 10.7. The highest BCUT2D eigenvalue weighted by Gasteiger charge is 2.14. The molecule has 4 unspecified atom stereocenters. The molecule has 0 aliphatic carbocycles. The smallest absolute Gasteiger partial charge is 0.0487 e. The van der Waals surface area contributed by atoms with Crippen LogP contribution in [0.5, 0.6) is 0 Å². The minimum absolute atomic E-state index is 0.115. The van der Waals surface area contributed by atoms with Crippen molar-refractivity contribution in [2.45, 2.75) is 81.6 Å². The van der Waals surface area contributed by atoms with Crippen molar-refractivity contribution >= 4 is 23.2 Å². The van der Waals surface area contributed by atoms with Crippen molar-refractivity contribution in [1.29, 1.82) is 0 Å². The van der Waals surface area contributed by atoms with E-state index in [1.54, 1.807) is 0 Å². The molecule has 0 radical (unpaired) electrons. The number of alkyl halides is 2. The summed E-state index contributed by atoms with van der Waals surface area (Å²) in [5.41, 5.74) is 11.7. The number of halogens is 2. The zero-order valence-electron chi connectivity index (χ0n) is 11.2. The highest BCUT2D eigenvalue weighted by Crippen LogP contribution is 2.17. The van der Waals surface area contributed by atoms with Crippen molar-refractivity contribution in [1.82, 2.24) is 0 Å². The molecule has 0 saturated heterocycles. The fourth-order valence-corrected chi connectivity index (χ4v) is 2.46. The molecule has 0 aliphatic rings. The van der Waals surface area contributed by atoms with Crippen LogP contribution in [0, 0.1) is 0 Å². The third kappa shape index (κ3) is 8.25. The maximum atomic E-state index is 6.17. The Balaban J connectivity index is 3.46. The Bertz CT molecular complexity index is 161. The van der Waals surface area contributed by atoms with Crippen molar-refractivity contribution in [3.05, 3.63) is 0 Å². The van der Waals surface area contributed by atoms with Gasteiger partial charge in [0.05, 0.1) is 0 Å². The summed E-state index contributed by atoms with van der Waals surface area (Å²) in [5.74, 6) is 0. The zero-order chi connectivity index (χ0) is 13.3. The van der Waals surface area contributed by atoms with Gasteiger partial charge < -0.3 is 11.5 Å². The van der Waals surface area contributed by atoms with Crippen LogP contribution in [-0.4, -0.2) is 22.8 Å². The molecule has 0 aliphatic heterocycles. The first-order chi connectivity index (χ1) is 8.02. The van der Waals surface area contributed by atoms with E-state index in [9.17, 15) is 0 Å². The normalized spacial score (nSPS) is 18.7. The van der Waals surface area contributed by atoms with E-state index in [0.29, 0.717) is 0 Å². The summed E-state index contributed by atoms with van der Waals surface area (Å²) < 4.78 is 0. The standard InChI is InChI=1S/C13H28Cl2N2/c1-3-12(16)10(14)8-6-5-7-9-11(15)13(17)4-2/h10-13H,3-9,16-17H2,1-2H3. The summed E-state index contributed by atoms with van der Waals surface area (Å²) in [6.45, 7) is 4.15. The lowest BCUT2D eigenvalue weighted by Crippen LogP contribution is -2.30. The molecule has 0 saturated carbocycles. The summed E-state index contributed by atoms with van der Waals surface area (Å²) in [6.07, 6.45) is 7.33. The van der Waals surface area contributed by atoms with E-state index in [2.05, 4.69) is 13.8 Å². The number of unbranched alkanes of at least 4 members (excludes halogenated alkanes) is 2. The average molecular weight is 283 g/mol. The maximum Gasteiger partial charge on any atom is 0.0487 e. The van der Waals surface area contributed by atoms with Crippen molar-refractivity contribution < 1.29 is 0 Å². The third-order valence-electron chi connectivity index (χ3n) is 3.33. The van der Waals surface area contributed by atoms with Gasteiger partial charge in [0.2, 0.25) is 0 Å². The van der Waals surface area contributed by atoms with Gasteiger partial charge in [-0.25, -0.2) is 0 Å². The van der Waals surface area contributed by atoms with Gasteiger partial charge in [0.15, 0.2) is 0 Å². The molecule has 0 rings (SSSR count). The third-order valence-corrected chi connectivity index (χ3v) is 4.42. The molecule has 0 amide bonds. The first-order valence-electron chi connectivity index (χ1n) is 6.82. The fourth-order valence-electron chi connectivity index (χ4n) is 1.80. The summed E-state index contributed by atoms with van der Waals surface area (Å²) in [4.78, 5) is 0. The van der Waals surface area contributed by atoms with Crippen LogP contribution in [0.3, 0.4) is 0 Å². The SMILES string of the molecule is CCC(N)C(Cl)CCCCCC(Cl)C(N)CC. The number of nitrogens with two attached hydrogens (primary N) is 2. The Morgan fingerprint density at radius 1 is 0.765 bits per heavy atom. The van der Waals surface area contributed by atoms with Gasteiger partial charge in [-0.3, -0.25) is 0 Å². The number of hydrogen-bond donors (Lipinski definition) is 2. The predicted molar refractivity (Wildman–Crippen MR) is 78.9 cm³/mol. The minimum atomic E-state index is 0.115. The fraction of sp³-hybridized carbons (Fsp3) is 1.00.